The zero-order valence-corrected chi connectivity index (χ0v) is 13.3. The van der Waals surface area contributed by atoms with Crippen molar-refractivity contribution in [1.82, 2.24) is 5.32 Å². The summed E-state index contributed by atoms with van der Waals surface area (Å²) < 4.78 is 29.6. The van der Waals surface area contributed by atoms with Crippen LogP contribution in [0.25, 0.3) is 0 Å². The molecule has 1 N–H and O–H groups in total. The number of rotatable bonds is 4. The maximum Gasteiger partial charge on any atom is 0.320 e. The maximum atomic E-state index is 12.5. The summed E-state index contributed by atoms with van der Waals surface area (Å²) in [5.41, 5.74) is 2.17. The van der Waals surface area contributed by atoms with Gasteiger partial charge >= 0.3 is 5.97 Å². The Balaban J connectivity index is 2.40. The largest absolute Gasteiger partial charge is 0.468 e. The Morgan fingerprint density at radius 1 is 1.33 bits per heavy atom. The average Bonchev–Trinajstić information content (AvgIpc) is 2.46. The molecule has 0 fully saturated rings. The third-order valence-corrected chi connectivity index (χ3v) is 6.16. The minimum atomic E-state index is -3.57. The van der Waals surface area contributed by atoms with Crippen molar-refractivity contribution in [2.75, 3.05) is 19.9 Å². The molecule has 0 radical (unpaired) electrons. The van der Waals surface area contributed by atoms with Gasteiger partial charge in [0.2, 0.25) is 0 Å². The molecule has 0 amide bonds. The summed E-state index contributed by atoms with van der Waals surface area (Å²) in [5.74, 6) is -1.14. The predicted octanol–water partition coefficient (Wildman–Crippen LogP) is 1.41. The lowest BCUT2D eigenvalue weighted by atomic mass is 9.81. The monoisotopic (exact) mass is 311 g/mol. The number of hydrogen-bond donors (Lipinski definition) is 1. The Labute approximate surface area is 125 Å². The van der Waals surface area contributed by atoms with Crippen molar-refractivity contribution in [2.45, 2.75) is 30.6 Å². The van der Waals surface area contributed by atoms with Gasteiger partial charge in [-0.3, -0.25) is 4.79 Å². The van der Waals surface area contributed by atoms with Crippen LogP contribution in [0, 0.1) is 0 Å². The van der Waals surface area contributed by atoms with E-state index in [-0.39, 0.29) is 12.0 Å². The molecule has 0 saturated heterocycles. The van der Waals surface area contributed by atoms with Crippen LogP contribution in [0.4, 0.5) is 0 Å². The molecule has 0 saturated carbocycles. The van der Waals surface area contributed by atoms with Crippen molar-refractivity contribution in [2.24, 2.45) is 0 Å². The molecule has 3 atom stereocenters. The second-order valence-corrected chi connectivity index (χ2v) is 7.67. The van der Waals surface area contributed by atoms with E-state index in [1.807, 2.05) is 31.2 Å². The number of nitrogens with one attached hydrogen (secondary N) is 1. The number of esters is 1. The highest BCUT2D eigenvalue weighted by Gasteiger charge is 2.41. The van der Waals surface area contributed by atoms with Crippen molar-refractivity contribution in [3.8, 4) is 0 Å². The molecule has 1 aliphatic carbocycles. The summed E-state index contributed by atoms with van der Waals surface area (Å²) in [6.45, 7) is 2.02. The van der Waals surface area contributed by atoms with Gasteiger partial charge in [-0.1, -0.05) is 31.2 Å². The number of fused-ring (bicyclic) bond motifs is 1. The van der Waals surface area contributed by atoms with E-state index in [4.69, 9.17) is 0 Å². The lowest BCUT2D eigenvalue weighted by Crippen LogP contribution is -2.42. The molecule has 21 heavy (non-hydrogen) atoms. The quantitative estimate of drug-likeness (QED) is 0.851. The van der Waals surface area contributed by atoms with Crippen LogP contribution in [0.5, 0.6) is 0 Å². The third-order valence-electron chi connectivity index (χ3n) is 4.14. The van der Waals surface area contributed by atoms with E-state index in [2.05, 4.69) is 10.1 Å². The van der Waals surface area contributed by atoms with Crippen molar-refractivity contribution >= 4 is 15.8 Å². The van der Waals surface area contributed by atoms with Crippen LogP contribution in [0.15, 0.2) is 24.3 Å². The molecule has 0 spiro atoms. The van der Waals surface area contributed by atoms with Crippen LogP contribution in [0.3, 0.4) is 0 Å². The van der Waals surface area contributed by atoms with Gasteiger partial charge in [0.15, 0.2) is 9.84 Å². The highest BCUT2D eigenvalue weighted by Crippen LogP contribution is 2.40. The normalized spacial score (nSPS) is 25.2. The van der Waals surface area contributed by atoms with E-state index in [9.17, 15) is 13.2 Å². The third kappa shape index (κ3) is 3.11. The van der Waals surface area contributed by atoms with Gasteiger partial charge < -0.3 is 10.1 Å². The van der Waals surface area contributed by atoms with E-state index in [1.165, 1.54) is 12.7 Å². The van der Waals surface area contributed by atoms with Gasteiger partial charge in [-0.2, -0.15) is 0 Å². The molecule has 5 nitrogen and oxygen atoms in total. The number of hydrogen-bond acceptors (Lipinski definition) is 5. The number of benzene rings is 1. The molecule has 0 aliphatic heterocycles. The average molecular weight is 311 g/mol. The lowest BCUT2D eigenvalue weighted by Gasteiger charge is -2.36. The SMILES string of the molecule is CNC1c2ccccc2C(C)CC1S(=O)(=O)CC(=O)OC. The van der Waals surface area contributed by atoms with Gasteiger partial charge in [0.25, 0.3) is 0 Å². The number of carbonyl (C=O) groups excluding carboxylic acids is 1. The van der Waals surface area contributed by atoms with Gasteiger partial charge in [-0.15, -0.1) is 0 Å². The highest BCUT2D eigenvalue weighted by atomic mass is 32.2. The second kappa shape index (κ2) is 6.15. The summed E-state index contributed by atoms with van der Waals surface area (Å²) in [7, 11) is -0.620. The molecule has 1 aromatic rings. The molecular weight excluding hydrogens is 290 g/mol. The molecular formula is C15H21NO4S. The molecule has 0 aromatic heterocycles. The summed E-state index contributed by atoms with van der Waals surface area (Å²) >= 11 is 0. The van der Waals surface area contributed by atoms with E-state index in [1.54, 1.807) is 7.05 Å². The van der Waals surface area contributed by atoms with Gasteiger partial charge in [-0.25, -0.2) is 8.42 Å². The summed E-state index contributed by atoms with van der Waals surface area (Å²) in [4.78, 5) is 11.4. The summed E-state index contributed by atoms with van der Waals surface area (Å²) in [5, 5.41) is 2.48. The fourth-order valence-corrected chi connectivity index (χ4v) is 5.02. The first-order valence-corrected chi connectivity index (χ1v) is 8.66. The molecule has 116 valence electrons. The van der Waals surface area contributed by atoms with Crippen molar-refractivity contribution in [1.29, 1.82) is 0 Å². The van der Waals surface area contributed by atoms with Crippen molar-refractivity contribution in [3.63, 3.8) is 0 Å². The number of sulfone groups is 1. The zero-order valence-electron chi connectivity index (χ0n) is 12.5. The van der Waals surface area contributed by atoms with Crippen LogP contribution in [-0.4, -0.2) is 39.5 Å². The van der Waals surface area contributed by atoms with Crippen LogP contribution in [-0.2, 0) is 19.4 Å². The second-order valence-electron chi connectivity index (χ2n) is 5.45. The molecule has 6 heteroatoms. The van der Waals surface area contributed by atoms with E-state index in [0.717, 1.165) is 5.56 Å². The smallest absolute Gasteiger partial charge is 0.320 e. The molecule has 1 aliphatic rings. The maximum absolute atomic E-state index is 12.5. The predicted molar refractivity (Wildman–Crippen MR) is 80.9 cm³/mol. The van der Waals surface area contributed by atoms with Crippen LogP contribution in [0.2, 0.25) is 0 Å². The first-order chi connectivity index (χ1) is 9.90. The van der Waals surface area contributed by atoms with Crippen molar-refractivity contribution in [3.05, 3.63) is 35.4 Å². The Morgan fingerprint density at radius 3 is 2.52 bits per heavy atom. The van der Waals surface area contributed by atoms with Crippen LogP contribution >= 0.6 is 0 Å². The first kappa shape index (κ1) is 16.0. The number of ether oxygens (including phenoxy) is 1. The molecule has 2 rings (SSSR count). The topological polar surface area (TPSA) is 72.5 Å². The minimum absolute atomic E-state index is 0.142. The van der Waals surface area contributed by atoms with Gasteiger partial charge in [-0.05, 0) is 30.5 Å². The molecule has 0 bridgehead atoms. The molecule has 0 heterocycles. The molecule has 1 aromatic carbocycles. The van der Waals surface area contributed by atoms with Crippen LogP contribution in [0.1, 0.15) is 36.4 Å². The van der Waals surface area contributed by atoms with E-state index < -0.39 is 26.8 Å². The summed E-state index contributed by atoms with van der Waals surface area (Å²) in [6.07, 6.45) is 0.502. The minimum Gasteiger partial charge on any atom is -0.468 e. The Hall–Kier alpha value is -1.40. The van der Waals surface area contributed by atoms with Gasteiger partial charge in [0, 0.05) is 6.04 Å². The van der Waals surface area contributed by atoms with Gasteiger partial charge in [0.1, 0.15) is 5.75 Å². The molecule has 3 unspecified atom stereocenters. The van der Waals surface area contributed by atoms with E-state index >= 15 is 0 Å². The number of methoxy groups -OCH3 is 1. The Morgan fingerprint density at radius 2 is 1.95 bits per heavy atom. The van der Waals surface area contributed by atoms with Gasteiger partial charge in [0.05, 0.1) is 12.4 Å². The number of carbonyl (C=O) groups is 1. The van der Waals surface area contributed by atoms with E-state index in [0.29, 0.717) is 6.42 Å². The van der Waals surface area contributed by atoms with Crippen LogP contribution < -0.4 is 5.32 Å². The Bertz CT molecular complexity index is 626. The fourth-order valence-electron chi connectivity index (χ4n) is 3.08. The summed E-state index contributed by atoms with van der Waals surface area (Å²) in [6, 6.07) is 7.56. The zero-order chi connectivity index (χ0) is 15.6. The lowest BCUT2D eigenvalue weighted by molar-refractivity contribution is -0.137. The first-order valence-electron chi connectivity index (χ1n) is 6.95. The standard InChI is InChI=1S/C15H21NO4S/c1-10-8-13(21(18,19)9-14(17)20-3)15(16-2)12-7-5-4-6-11(10)12/h4-7,10,13,15-16H,8-9H2,1-3H3. The fraction of sp³-hybridized carbons (Fsp3) is 0.533. The van der Waals surface area contributed by atoms with Crippen molar-refractivity contribution < 1.29 is 17.9 Å². The Kier molecular flexibility index (Phi) is 4.68. The highest BCUT2D eigenvalue weighted by molar-refractivity contribution is 7.92.